The molecule has 0 saturated carbocycles. The van der Waals surface area contributed by atoms with Crippen LogP contribution in [0.15, 0.2) is 30.5 Å². The molecule has 1 heterocycles. The Morgan fingerprint density at radius 1 is 1.29 bits per heavy atom. The summed E-state index contributed by atoms with van der Waals surface area (Å²) in [6.07, 6.45) is 2.08. The fourth-order valence-corrected chi connectivity index (χ4v) is 2.40. The number of amides is 1. The van der Waals surface area contributed by atoms with Crippen molar-refractivity contribution in [3.63, 3.8) is 0 Å². The van der Waals surface area contributed by atoms with Crippen molar-refractivity contribution in [2.45, 2.75) is 13.3 Å². The van der Waals surface area contributed by atoms with Gasteiger partial charge in [0.15, 0.2) is 0 Å². The molecule has 2 rings (SSSR count). The minimum atomic E-state index is -1.04. The maximum atomic E-state index is 12.6. The maximum Gasteiger partial charge on any atom is 0.323 e. The van der Waals surface area contributed by atoms with Gasteiger partial charge in [-0.3, -0.25) is 9.59 Å². The molecule has 0 aliphatic heterocycles. The van der Waals surface area contributed by atoms with Gasteiger partial charge in [0.2, 0.25) is 0 Å². The Hall–Kier alpha value is -2.14. The number of aliphatic carboxylic acids is 1. The number of carbonyl (C=O) groups excluding carboxylic acids is 1. The fraction of sp³-hybridized carbons (Fsp3) is 0.267. The van der Waals surface area contributed by atoms with Crippen molar-refractivity contribution >= 4 is 34.2 Å². The van der Waals surface area contributed by atoms with Crippen LogP contribution in [0.2, 0.25) is 5.15 Å². The van der Waals surface area contributed by atoms with Gasteiger partial charge in [-0.2, -0.15) is 0 Å². The van der Waals surface area contributed by atoms with Crippen molar-refractivity contribution in [2.75, 3.05) is 13.1 Å². The van der Waals surface area contributed by atoms with Crippen LogP contribution in [0.5, 0.6) is 0 Å². The molecular weight excluding hydrogens is 292 g/mol. The van der Waals surface area contributed by atoms with Crippen LogP contribution in [-0.4, -0.2) is 40.0 Å². The number of aromatic nitrogens is 1. The lowest BCUT2D eigenvalue weighted by Gasteiger charge is -2.20. The van der Waals surface area contributed by atoms with Crippen LogP contribution >= 0.6 is 11.6 Å². The van der Waals surface area contributed by atoms with Crippen molar-refractivity contribution < 1.29 is 14.7 Å². The van der Waals surface area contributed by atoms with E-state index in [0.29, 0.717) is 34.5 Å². The van der Waals surface area contributed by atoms with E-state index in [-0.39, 0.29) is 12.5 Å². The highest BCUT2D eigenvalue weighted by Gasteiger charge is 2.20. The van der Waals surface area contributed by atoms with Gasteiger partial charge in [0.1, 0.15) is 11.7 Å². The molecule has 110 valence electrons. The van der Waals surface area contributed by atoms with Crippen LogP contribution in [0, 0.1) is 0 Å². The minimum Gasteiger partial charge on any atom is -0.480 e. The molecule has 1 amide bonds. The van der Waals surface area contributed by atoms with Crippen LogP contribution in [0.3, 0.4) is 0 Å². The van der Waals surface area contributed by atoms with Crippen LogP contribution < -0.4 is 0 Å². The quantitative estimate of drug-likeness (QED) is 0.862. The van der Waals surface area contributed by atoms with Gasteiger partial charge in [0.25, 0.3) is 5.91 Å². The molecule has 0 spiro atoms. The van der Waals surface area contributed by atoms with Crippen LogP contribution in [0.4, 0.5) is 0 Å². The number of nitrogens with zero attached hydrogens (tertiary/aromatic N) is 2. The number of hydrogen-bond acceptors (Lipinski definition) is 3. The number of hydrogen-bond donors (Lipinski definition) is 1. The molecule has 2 aromatic rings. The first-order valence-electron chi connectivity index (χ1n) is 6.59. The summed E-state index contributed by atoms with van der Waals surface area (Å²) in [6, 6.07) is 7.17. The highest BCUT2D eigenvalue weighted by atomic mass is 35.5. The normalized spacial score (nSPS) is 10.6. The molecule has 0 radical (unpaired) electrons. The SMILES string of the molecule is CCCN(CC(=O)O)C(=O)c1cnc(Cl)c2ccccc12. The zero-order valence-corrected chi connectivity index (χ0v) is 12.3. The van der Waals surface area contributed by atoms with Gasteiger partial charge < -0.3 is 10.0 Å². The van der Waals surface area contributed by atoms with Crippen molar-refractivity contribution in [1.29, 1.82) is 0 Å². The monoisotopic (exact) mass is 306 g/mol. The number of halogens is 1. The van der Waals surface area contributed by atoms with Gasteiger partial charge in [-0.1, -0.05) is 42.8 Å². The number of pyridine rings is 1. The van der Waals surface area contributed by atoms with E-state index >= 15 is 0 Å². The maximum absolute atomic E-state index is 12.6. The summed E-state index contributed by atoms with van der Waals surface area (Å²) >= 11 is 6.03. The lowest BCUT2D eigenvalue weighted by Crippen LogP contribution is -2.36. The van der Waals surface area contributed by atoms with Crippen molar-refractivity contribution in [1.82, 2.24) is 9.88 Å². The summed E-state index contributed by atoms with van der Waals surface area (Å²) in [7, 11) is 0. The smallest absolute Gasteiger partial charge is 0.323 e. The van der Waals surface area contributed by atoms with Crippen LogP contribution in [0.1, 0.15) is 23.7 Å². The van der Waals surface area contributed by atoms with Gasteiger partial charge in [-0.05, 0) is 11.8 Å². The van der Waals surface area contributed by atoms with Crippen molar-refractivity contribution in [3.8, 4) is 0 Å². The Morgan fingerprint density at radius 2 is 1.95 bits per heavy atom. The second-order valence-corrected chi connectivity index (χ2v) is 4.99. The van der Waals surface area contributed by atoms with Gasteiger partial charge >= 0.3 is 5.97 Å². The third kappa shape index (κ3) is 3.31. The summed E-state index contributed by atoms with van der Waals surface area (Å²) < 4.78 is 0. The molecule has 0 saturated heterocycles. The average Bonchev–Trinajstić information content (AvgIpc) is 2.46. The average molecular weight is 307 g/mol. The van der Waals surface area contributed by atoms with Gasteiger partial charge in [-0.25, -0.2) is 4.98 Å². The molecule has 1 aromatic carbocycles. The predicted octanol–water partition coefficient (Wildman–Crippen LogP) is 2.83. The first kappa shape index (κ1) is 15.3. The second kappa shape index (κ2) is 6.54. The number of fused-ring (bicyclic) bond motifs is 1. The molecule has 6 heteroatoms. The molecule has 1 N–H and O–H groups in total. The van der Waals surface area contributed by atoms with E-state index < -0.39 is 5.97 Å². The molecule has 5 nitrogen and oxygen atoms in total. The number of rotatable bonds is 5. The molecule has 21 heavy (non-hydrogen) atoms. The third-order valence-corrected chi connectivity index (χ3v) is 3.38. The van der Waals surface area contributed by atoms with E-state index in [1.165, 1.54) is 11.1 Å². The number of carboxylic acid groups (broad SMARTS) is 1. The Bertz CT molecular complexity index is 688. The Kier molecular flexibility index (Phi) is 4.75. The number of carbonyl (C=O) groups is 2. The van der Waals surface area contributed by atoms with Crippen LogP contribution in [0.25, 0.3) is 10.8 Å². The molecule has 0 bridgehead atoms. The largest absolute Gasteiger partial charge is 0.480 e. The second-order valence-electron chi connectivity index (χ2n) is 4.63. The fourth-order valence-electron chi connectivity index (χ4n) is 2.18. The van der Waals surface area contributed by atoms with Crippen molar-refractivity contribution in [2.24, 2.45) is 0 Å². The molecule has 1 aromatic heterocycles. The Morgan fingerprint density at radius 3 is 2.57 bits per heavy atom. The first-order valence-corrected chi connectivity index (χ1v) is 6.96. The Balaban J connectivity index is 2.47. The highest BCUT2D eigenvalue weighted by molar-refractivity contribution is 6.34. The summed E-state index contributed by atoms with van der Waals surface area (Å²) in [4.78, 5) is 28.8. The minimum absolute atomic E-state index is 0.322. The number of benzene rings is 1. The molecule has 0 aliphatic carbocycles. The van der Waals surface area contributed by atoms with Crippen molar-refractivity contribution in [3.05, 3.63) is 41.2 Å². The van der Waals surface area contributed by atoms with E-state index in [0.717, 1.165) is 0 Å². The summed E-state index contributed by atoms with van der Waals surface area (Å²) in [5.41, 5.74) is 0.365. The standard InChI is InChI=1S/C15H15ClN2O3/c1-2-7-18(9-13(19)20)15(21)12-8-17-14(16)11-6-4-3-5-10(11)12/h3-6,8H,2,7,9H2,1H3,(H,19,20). The van der Waals surface area contributed by atoms with Gasteiger partial charge in [-0.15, -0.1) is 0 Å². The lowest BCUT2D eigenvalue weighted by molar-refractivity contribution is -0.137. The molecular formula is C15H15ClN2O3. The zero-order valence-electron chi connectivity index (χ0n) is 11.5. The summed E-state index contributed by atoms with van der Waals surface area (Å²) in [6.45, 7) is 1.94. The van der Waals surface area contributed by atoms with E-state index in [1.54, 1.807) is 18.2 Å². The lowest BCUT2D eigenvalue weighted by atomic mass is 10.1. The van der Waals surface area contributed by atoms with Gasteiger partial charge in [0, 0.05) is 18.1 Å². The summed E-state index contributed by atoms with van der Waals surface area (Å²) in [5, 5.41) is 10.6. The topological polar surface area (TPSA) is 70.5 Å². The Labute approximate surface area is 127 Å². The van der Waals surface area contributed by atoms with E-state index in [2.05, 4.69) is 4.98 Å². The summed E-state index contributed by atoms with van der Waals surface area (Å²) in [5.74, 6) is -1.39. The molecule has 0 atom stereocenters. The van der Waals surface area contributed by atoms with E-state index in [1.807, 2.05) is 13.0 Å². The third-order valence-electron chi connectivity index (χ3n) is 3.08. The molecule has 0 aliphatic rings. The molecule has 0 fully saturated rings. The van der Waals surface area contributed by atoms with Gasteiger partial charge in [0.05, 0.1) is 5.56 Å². The molecule has 0 unspecified atom stereocenters. The number of carboxylic acids is 1. The zero-order chi connectivity index (χ0) is 15.4. The van der Waals surface area contributed by atoms with Crippen LogP contribution in [-0.2, 0) is 4.79 Å². The van der Waals surface area contributed by atoms with E-state index in [9.17, 15) is 9.59 Å². The first-order chi connectivity index (χ1) is 10.0. The van der Waals surface area contributed by atoms with E-state index in [4.69, 9.17) is 16.7 Å². The predicted molar refractivity (Wildman–Crippen MR) is 80.6 cm³/mol. The highest BCUT2D eigenvalue weighted by Crippen LogP contribution is 2.25.